The Labute approximate surface area is 109 Å². The Morgan fingerprint density at radius 3 is 2.76 bits per heavy atom. The maximum Gasteiger partial charge on any atom is 0.131 e. The minimum atomic E-state index is -0.0944. The van der Waals surface area contributed by atoms with Crippen LogP contribution in [0.1, 0.15) is 23.0 Å². The summed E-state index contributed by atoms with van der Waals surface area (Å²) < 4.78 is 3.03. The molecule has 17 heavy (non-hydrogen) atoms. The molecular weight excluding hydrogens is 280 g/mol. The maximum atomic E-state index is 5.66. The third-order valence-corrected chi connectivity index (χ3v) is 3.32. The van der Waals surface area contributed by atoms with Crippen molar-refractivity contribution in [3.8, 4) is 0 Å². The molecule has 0 spiro atoms. The lowest BCUT2D eigenvalue weighted by Gasteiger charge is -2.18. The molecule has 2 aromatic rings. The van der Waals surface area contributed by atoms with Crippen molar-refractivity contribution in [3.63, 3.8) is 0 Å². The summed E-state index contributed by atoms with van der Waals surface area (Å²) >= 11 is 3.46. The first-order chi connectivity index (χ1) is 8.13. The normalized spacial score (nSPS) is 12.7. The van der Waals surface area contributed by atoms with Crippen molar-refractivity contribution in [1.82, 2.24) is 15.0 Å². The molecule has 1 heterocycles. The summed E-state index contributed by atoms with van der Waals surface area (Å²) in [4.78, 5) is 4.34. The molecule has 5 heteroatoms. The predicted octanol–water partition coefficient (Wildman–Crippen LogP) is 2.04. The molecule has 1 aromatic heterocycles. The third kappa shape index (κ3) is 2.41. The second kappa shape index (κ2) is 5.00. The molecule has 0 saturated carbocycles. The van der Waals surface area contributed by atoms with Crippen LogP contribution in [0.4, 0.5) is 0 Å². The number of rotatable bonds is 3. The summed E-state index contributed by atoms with van der Waals surface area (Å²) in [6.45, 7) is 2.06. The molecule has 3 N–H and O–H groups in total. The van der Waals surface area contributed by atoms with E-state index in [4.69, 9.17) is 5.84 Å². The van der Waals surface area contributed by atoms with Gasteiger partial charge in [0.25, 0.3) is 0 Å². The standard InChI is InChI=1S/C12H15BrN4/c1-8-7-9(13)3-4-10(8)11(16-14)12-15-5-6-17(12)2/h3-7,11,16H,14H2,1-2H3. The SMILES string of the molecule is Cc1cc(Br)ccc1C(NN)c1nccn1C. The van der Waals surface area contributed by atoms with E-state index in [0.717, 1.165) is 15.9 Å². The maximum absolute atomic E-state index is 5.66. The smallest absolute Gasteiger partial charge is 0.131 e. The minimum Gasteiger partial charge on any atom is -0.336 e. The van der Waals surface area contributed by atoms with E-state index in [9.17, 15) is 0 Å². The van der Waals surface area contributed by atoms with E-state index in [1.54, 1.807) is 6.20 Å². The summed E-state index contributed by atoms with van der Waals surface area (Å²) in [5, 5.41) is 0. The molecule has 0 radical (unpaired) electrons. The Kier molecular flexibility index (Phi) is 3.61. The molecule has 0 aliphatic rings. The van der Waals surface area contributed by atoms with Crippen molar-refractivity contribution < 1.29 is 0 Å². The van der Waals surface area contributed by atoms with E-state index in [2.05, 4.69) is 45.4 Å². The largest absolute Gasteiger partial charge is 0.336 e. The fourth-order valence-corrected chi connectivity index (χ4v) is 2.40. The number of imidazole rings is 1. The van der Waals surface area contributed by atoms with Gasteiger partial charge in [0, 0.05) is 23.9 Å². The van der Waals surface area contributed by atoms with Crippen molar-refractivity contribution >= 4 is 15.9 Å². The van der Waals surface area contributed by atoms with Gasteiger partial charge in [-0.15, -0.1) is 0 Å². The Hall–Kier alpha value is -1.17. The molecule has 1 unspecified atom stereocenters. The lowest BCUT2D eigenvalue weighted by Crippen LogP contribution is -2.31. The molecule has 1 atom stereocenters. The van der Waals surface area contributed by atoms with Crippen molar-refractivity contribution in [2.24, 2.45) is 12.9 Å². The molecule has 0 bridgehead atoms. The van der Waals surface area contributed by atoms with Gasteiger partial charge < -0.3 is 4.57 Å². The van der Waals surface area contributed by atoms with Gasteiger partial charge in [-0.1, -0.05) is 22.0 Å². The Balaban J connectivity index is 2.46. The van der Waals surface area contributed by atoms with Gasteiger partial charge >= 0.3 is 0 Å². The molecular formula is C12H15BrN4. The van der Waals surface area contributed by atoms with Crippen LogP contribution in [0.15, 0.2) is 35.1 Å². The third-order valence-electron chi connectivity index (χ3n) is 2.83. The van der Waals surface area contributed by atoms with Gasteiger partial charge in [-0.05, 0) is 30.2 Å². The summed E-state index contributed by atoms with van der Waals surface area (Å²) in [5.74, 6) is 6.56. The molecule has 0 aliphatic carbocycles. The van der Waals surface area contributed by atoms with Crippen molar-refractivity contribution in [2.75, 3.05) is 0 Å². The molecule has 2 rings (SSSR count). The van der Waals surface area contributed by atoms with E-state index in [1.165, 1.54) is 5.56 Å². The Morgan fingerprint density at radius 2 is 2.24 bits per heavy atom. The zero-order valence-electron chi connectivity index (χ0n) is 9.81. The van der Waals surface area contributed by atoms with Crippen molar-refractivity contribution in [3.05, 3.63) is 52.0 Å². The number of hydrogen-bond donors (Lipinski definition) is 2. The lowest BCUT2D eigenvalue weighted by atomic mass is 10.0. The zero-order valence-corrected chi connectivity index (χ0v) is 11.4. The Morgan fingerprint density at radius 1 is 1.47 bits per heavy atom. The van der Waals surface area contributed by atoms with E-state index in [0.29, 0.717) is 0 Å². The second-order valence-corrected chi connectivity index (χ2v) is 4.91. The molecule has 0 fully saturated rings. The highest BCUT2D eigenvalue weighted by Gasteiger charge is 2.18. The number of nitrogens with zero attached hydrogens (tertiary/aromatic N) is 2. The van der Waals surface area contributed by atoms with Crippen LogP contribution < -0.4 is 11.3 Å². The zero-order chi connectivity index (χ0) is 12.4. The molecule has 0 saturated heterocycles. The van der Waals surface area contributed by atoms with E-state index < -0.39 is 0 Å². The highest BCUT2D eigenvalue weighted by atomic mass is 79.9. The van der Waals surface area contributed by atoms with Crippen LogP contribution in [0.5, 0.6) is 0 Å². The number of nitrogens with two attached hydrogens (primary N) is 1. The second-order valence-electron chi connectivity index (χ2n) is 4.00. The quantitative estimate of drug-likeness (QED) is 0.673. The van der Waals surface area contributed by atoms with Crippen LogP contribution >= 0.6 is 15.9 Å². The number of benzene rings is 1. The fourth-order valence-electron chi connectivity index (χ4n) is 1.92. The van der Waals surface area contributed by atoms with Crippen LogP contribution in [-0.2, 0) is 7.05 Å². The van der Waals surface area contributed by atoms with Gasteiger partial charge in [0.1, 0.15) is 11.9 Å². The minimum absolute atomic E-state index is 0.0944. The first-order valence-corrected chi connectivity index (χ1v) is 6.12. The number of hydrogen-bond acceptors (Lipinski definition) is 3. The molecule has 0 aliphatic heterocycles. The van der Waals surface area contributed by atoms with Crippen LogP contribution in [0.2, 0.25) is 0 Å². The predicted molar refractivity (Wildman–Crippen MR) is 71.3 cm³/mol. The van der Waals surface area contributed by atoms with Gasteiger partial charge in [0.15, 0.2) is 0 Å². The number of halogens is 1. The van der Waals surface area contributed by atoms with Gasteiger partial charge in [-0.2, -0.15) is 0 Å². The van der Waals surface area contributed by atoms with Crippen LogP contribution in [0.3, 0.4) is 0 Å². The van der Waals surface area contributed by atoms with Crippen molar-refractivity contribution in [1.29, 1.82) is 0 Å². The Bertz CT molecular complexity index is 521. The highest BCUT2D eigenvalue weighted by Crippen LogP contribution is 2.25. The van der Waals surface area contributed by atoms with E-state index in [-0.39, 0.29) is 6.04 Å². The summed E-state index contributed by atoms with van der Waals surface area (Å²) in [6.07, 6.45) is 3.68. The lowest BCUT2D eigenvalue weighted by molar-refractivity contribution is 0.577. The van der Waals surface area contributed by atoms with E-state index in [1.807, 2.05) is 23.9 Å². The molecule has 1 aromatic carbocycles. The highest BCUT2D eigenvalue weighted by molar-refractivity contribution is 9.10. The molecule has 90 valence electrons. The average Bonchev–Trinajstić information content (AvgIpc) is 2.69. The average molecular weight is 295 g/mol. The van der Waals surface area contributed by atoms with E-state index >= 15 is 0 Å². The van der Waals surface area contributed by atoms with Gasteiger partial charge in [-0.25, -0.2) is 10.4 Å². The van der Waals surface area contributed by atoms with Crippen LogP contribution in [0.25, 0.3) is 0 Å². The first-order valence-electron chi connectivity index (χ1n) is 5.33. The monoisotopic (exact) mass is 294 g/mol. The number of aryl methyl sites for hydroxylation is 2. The molecule has 0 amide bonds. The first kappa shape index (κ1) is 12.3. The topological polar surface area (TPSA) is 55.9 Å². The van der Waals surface area contributed by atoms with Crippen molar-refractivity contribution in [2.45, 2.75) is 13.0 Å². The fraction of sp³-hybridized carbons (Fsp3) is 0.250. The number of nitrogens with one attached hydrogen (secondary N) is 1. The van der Waals surface area contributed by atoms with Gasteiger partial charge in [0.05, 0.1) is 0 Å². The summed E-state index contributed by atoms with van der Waals surface area (Å²) in [7, 11) is 1.96. The summed E-state index contributed by atoms with van der Waals surface area (Å²) in [6, 6.07) is 6.04. The van der Waals surface area contributed by atoms with Gasteiger partial charge in [0.2, 0.25) is 0 Å². The van der Waals surface area contributed by atoms with Gasteiger partial charge in [-0.3, -0.25) is 5.84 Å². The van der Waals surface area contributed by atoms with Crippen LogP contribution in [-0.4, -0.2) is 9.55 Å². The number of aromatic nitrogens is 2. The molecule has 4 nitrogen and oxygen atoms in total. The summed E-state index contributed by atoms with van der Waals surface area (Å²) in [5.41, 5.74) is 5.12. The number of hydrazine groups is 1. The van der Waals surface area contributed by atoms with Crippen LogP contribution in [0, 0.1) is 6.92 Å².